The maximum atomic E-state index is 11.9. The van der Waals surface area contributed by atoms with Crippen LogP contribution in [0.15, 0.2) is 18.2 Å². The zero-order valence-electron chi connectivity index (χ0n) is 9.91. The van der Waals surface area contributed by atoms with Crippen LogP contribution in [0.3, 0.4) is 0 Å². The third kappa shape index (κ3) is 2.89. The van der Waals surface area contributed by atoms with E-state index in [9.17, 15) is 4.79 Å². The van der Waals surface area contributed by atoms with E-state index in [0.29, 0.717) is 17.0 Å². The molecule has 1 aromatic rings. The van der Waals surface area contributed by atoms with Crippen LogP contribution in [0.25, 0.3) is 0 Å². The van der Waals surface area contributed by atoms with E-state index in [-0.39, 0.29) is 11.9 Å². The second kappa shape index (κ2) is 5.39. The highest BCUT2D eigenvalue weighted by atomic mass is 16.5. The van der Waals surface area contributed by atoms with Crippen LogP contribution in [0.2, 0.25) is 0 Å². The second-order valence-corrected chi connectivity index (χ2v) is 3.74. The van der Waals surface area contributed by atoms with Crippen molar-refractivity contribution in [2.24, 2.45) is 0 Å². The van der Waals surface area contributed by atoms with Crippen LogP contribution in [0.1, 0.15) is 30.6 Å². The van der Waals surface area contributed by atoms with E-state index in [0.717, 1.165) is 6.42 Å². The van der Waals surface area contributed by atoms with E-state index in [4.69, 9.17) is 10.5 Å². The summed E-state index contributed by atoms with van der Waals surface area (Å²) in [5, 5.41) is 2.88. The standard InChI is InChI=1S/C12H18N2O2/c1-4-8(2)14-12(15)10-6-5-9(13)7-11(10)16-3/h5-8H,4,13H2,1-3H3,(H,14,15). The van der Waals surface area contributed by atoms with E-state index in [1.807, 2.05) is 13.8 Å². The lowest BCUT2D eigenvalue weighted by Gasteiger charge is -2.13. The van der Waals surface area contributed by atoms with Crippen molar-refractivity contribution in [2.45, 2.75) is 26.3 Å². The largest absolute Gasteiger partial charge is 0.496 e. The zero-order valence-corrected chi connectivity index (χ0v) is 9.91. The third-order valence-corrected chi connectivity index (χ3v) is 2.46. The highest BCUT2D eigenvalue weighted by molar-refractivity contribution is 5.97. The van der Waals surface area contributed by atoms with Gasteiger partial charge in [0.05, 0.1) is 12.7 Å². The molecule has 0 aliphatic rings. The minimum absolute atomic E-state index is 0.133. The minimum Gasteiger partial charge on any atom is -0.496 e. The van der Waals surface area contributed by atoms with Gasteiger partial charge >= 0.3 is 0 Å². The molecule has 16 heavy (non-hydrogen) atoms. The van der Waals surface area contributed by atoms with Crippen molar-refractivity contribution in [1.82, 2.24) is 5.32 Å². The lowest BCUT2D eigenvalue weighted by molar-refractivity contribution is 0.0936. The Labute approximate surface area is 95.8 Å². The number of carbonyl (C=O) groups is 1. The number of nitrogen functional groups attached to an aromatic ring is 1. The summed E-state index contributed by atoms with van der Waals surface area (Å²) in [6.07, 6.45) is 0.892. The van der Waals surface area contributed by atoms with Crippen molar-refractivity contribution in [1.29, 1.82) is 0 Å². The molecule has 1 aromatic carbocycles. The molecule has 0 radical (unpaired) electrons. The Morgan fingerprint density at radius 3 is 2.81 bits per heavy atom. The summed E-state index contributed by atoms with van der Waals surface area (Å²) < 4.78 is 5.12. The summed E-state index contributed by atoms with van der Waals surface area (Å²) in [5.41, 5.74) is 6.71. The Morgan fingerprint density at radius 1 is 1.56 bits per heavy atom. The molecule has 0 aromatic heterocycles. The lowest BCUT2D eigenvalue weighted by Crippen LogP contribution is -2.32. The molecule has 0 fully saturated rings. The normalized spacial score (nSPS) is 11.9. The van der Waals surface area contributed by atoms with Gasteiger partial charge in [0.25, 0.3) is 5.91 Å². The Balaban J connectivity index is 2.90. The molecule has 4 heteroatoms. The maximum Gasteiger partial charge on any atom is 0.255 e. The summed E-state index contributed by atoms with van der Waals surface area (Å²) in [6, 6.07) is 5.15. The van der Waals surface area contributed by atoms with E-state index in [2.05, 4.69) is 5.32 Å². The maximum absolute atomic E-state index is 11.9. The first-order valence-electron chi connectivity index (χ1n) is 5.32. The van der Waals surface area contributed by atoms with Crippen molar-refractivity contribution < 1.29 is 9.53 Å². The molecule has 0 heterocycles. The fraction of sp³-hybridized carbons (Fsp3) is 0.417. The van der Waals surface area contributed by atoms with Crippen molar-refractivity contribution in [3.8, 4) is 5.75 Å². The van der Waals surface area contributed by atoms with Crippen molar-refractivity contribution in [3.63, 3.8) is 0 Å². The van der Waals surface area contributed by atoms with Crippen LogP contribution in [0.5, 0.6) is 5.75 Å². The molecule has 1 atom stereocenters. The molecule has 3 N–H and O–H groups in total. The third-order valence-electron chi connectivity index (χ3n) is 2.46. The van der Waals surface area contributed by atoms with Gasteiger partial charge in [-0.1, -0.05) is 6.92 Å². The predicted octanol–water partition coefficient (Wildman–Crippen LogP) is 1.81. The highest BCUT2D eigenvalue weighted by Crippen LogP contribution is 2.21. The Kier molecular flexibility index (Phi) is 4.17. The molecule has 0 spiro atoms. The Hall–Kier alpha value is -1.71. The molecule has 4 nitrogen and oxygen atoms in total. The molecular formula is C12H18N2O2. The molecule has 1 amide bonds. The van der Waals surface area contributed by atoms with Crippen LogP contribution in [0, 0.1) is 0 Å². The molecule has 88 valence electrons. The number of ether oxygens (including phenoxy) is 1. The van der Waals surface area contributed by atoms with Crippen LogP contribution in [-0.2, 0) is 0 Å². The number of anilines is 1. The topological polar surface area (TPSA) is 64.4 Å². The number of carbonyl (C=O) groups excluding carboxylic acids is 1. The van der Waals surface area contributed by atoms with E-state index in [1.165, 1.54) is 7.11 Å². The monoisotopic (exact) mass is 222 g/mol. The van der Waals surface area contributed by atoms with Crippen LogP contribution in [-0.4, -0.2) is 19.1 Å². The number of nitrogens with one attached hydrogen (secondary N) is 1. The summed E-state index contributed by atoms with van der Waals surface area (Å²) in [6.45, 7) is 3.98. The average molecular weight is 222 g/mol. The lowest BCUT2D eigenvalue weighted by atomic mass is 10.1. The first kappa shape index (κ1) is 12.4. The quantitative estimate of drug-likeness (QED) is 0.763. The van der Waals surface area contributed by atoms with Crippen molar-refractivity contribution in [3.05, 3.63) is 23.8 Å². The average Bonchev–Trinajstić information content (AvgIpc) is 2.28. The zero-order chi connectivity index (χ0) is 12.1. The summed E-state index contributed by atoms with van der Waals surface area (Å²) in [7, 11) is 1.52. The predicted molar refractivity (Wildman–Crippen MR) is 64.6 cm³/mol. The van der Waals surface area contributed by atoms with Crippen LogP contribution >= 0.6 is 0 Å². The van der Waals surface area contributed by atoms with Gasteiger partial charge in [-0.15, -0.1) is 0 Å². The molecule has 0 aliphatic carbocycles. The van der Waals surface area contributed by atoms with Gasteiger partial charge in [0, 0.05) is 17.8 Å². The molecular weight excluding hydrogens is 204 g/mol. The van der Waals surface area contributed by atoms with Gasteiger partial charge in [-0.2, -0.15) is 0 Å². The smallest absolute Gasteiger partial charge is 0.255 e. The highest BCUT2D eigenvalue weighted by Gasteiger charge is 2.13. The Bertz CT molecular complexity index is 377. The number of hydrogen-bond acceptors (Lipinski definition) is 3. The van der Waals surface area contributed by atoms with Crippen molar-refractivity contribution in [2.75, 3.05) is 12.8 Å². The fourth-order valence-corrected chi connectivity index (χ4v) is 1.30. The van der Waals surface area contributed by atoms with Gasteiger partial charge in [-0.3, -0.25) is 4.79 Å². The Morgan fingerprint density at radius 2 is 2.25 bits per heavy atom. The van der Waals surface area contributed by atoms with E-state index < -0.39 is 0 Å². The number of benzene rings is 1. The summed E-state index contributed by atoms with van der Waals surface area (Å²) >= 11 is 0. The number of amides is 1. The molecule has 0 saturated carbocycles. The minimum atomic E-state index is -0.133. The number of nitrogens with two attached hydrogens (primary N) is 1. The van der Waals surface area contributed by atoms with E-state index >= 15 is 0 Å². The first-order valence-corrected chi connectivity index (χ1v) is 5.32. The number of methoxy groups -OCH3 is 1. The van der Waals surface area contributed by atoms with Gasteiger partial charge < -0.3 is 15.8 Å². The van der Waals surface area contributed by atoms with E-state index in [1.54, 1.807) is 18.2 Å². The summed E-state index contributed by atoms with van der Waals surface area (Å²) in [5.74, 6) is 0.368. The van der Waals surface area contributed by atoms with Gasteiger partial charge in [0.2, 0.25) is 0 Å². The summed E-state index contributed by atoms with van der Waals surface area (Å²) in [4.78, 5) is 11.9. The van der Waals surface area contributed by atoms with Gasteiger partial charge in [-0.25, -0.2) is 0 Å². The molecule has 1 rings (SSSR count). The van der Waals surface area contributed by atoms with Gasteiger partial charge in [0.15, 0.2) is 0 Å². The molecule has 1 unspecified atom stereocenters. The fourth-order valence-electron chi connectivity index (χ4n) is 1.30. The SMILES string of the molecule is CCC(C)NC(=O)c1ccc(N)cc1OC. The number of rotatable bonds is 4. The van der Waals surface area contributed by atoms with Crippen molar-refractivity contribution >= 4 is 11.6 Å². The van der Waals surface area contributed by atoms with Crippen LogP contribution in [0.4, 0.5) is 5.69 Å². The molecule has 0 saturated heterocycles. The first-order chi connectivity index (χ1) is 7.58. The van der Waals surface area contributed by atoms with Gasteiger partial charge in [-0.05, 0) is 25.5 Å². The molecule has 0 bridgehead atoms. The van der Waals surface area contributed by atoms with Crippen LogP contribution < -0.4 is 15.8 Å². The second-order valence-electron chi connectivity index (χ2n) is 3.74. The molecule has 0 aliphatic heterocycles. The number of hydrogen-bond donors (Lipinski definition) is 2. The van der Waals surface area contributed by atoms with Gasteiger partial charge in [0.1, 0.15) is 5.75 Å².